The van der Waals surface area contributed by atoms with Crippen LogP contribution in [0.1, 0.15) is 42.2 Å². The zero-order valence-corrected chi connectivity index (χ0v) is 13.4. The van der Waals surface area contributed by atoms with Crippen LogP contribution in [0.4, 0.5) is 0 Å². The van der Waals surface area contributed by atoms with Crippen LogP contribution >= 0.6 is 11.8 Å². The fourth-order valence-corrected chi connectivity index (χ4v) is 2.41. The van der Waals surface area contributed by atoms with Gasteiger partial charge in [0.15, 0.2) is 0 Å². The lowest BCUT2D eigenvalue weighted by atomic mass is 10.0. The van der Waals surface area contributed by atoms with Crippen LogP contribution in [0.3, 0.4) is 0 Å². The number of hydrogen-bond donors (Lipinski definition) is 1. The first-order valence-electron chi connectivity index (χ1n) is 6.87. The number of hydrogen-bond acceptors (Lipinski definition) is 4. The summed E-state index contributed by atoms with van der Waals surface area (Å²) in [5.74, 6) is 0.202. The monoisotopic (exact) mass is 297 g/mol. The van der Waals surface area contributed by atoms with Crippen molar-refractivity contribution in [1.82, 2.24) is 15.1 Å². The first-order valence-corrected chi connectivity index (χ1v) is 8.10. The summed E-state index contributed by atoms with van der Waals surface area (Å²) < 4.78 is 7.15. The standard InChI is InChI=1S/C14H23N3O2S/c1-14(2,20-4)9-15-13(18)11-7-17(3)16-12(11)10-5-6-19-8-10/h7,10H,5-6,8-9H2,1-4H3,(H,15,18)/t10-/m1/s1. The molecule has 1 aliphatic rings. The highest BCUT2D eigenvalue weighted by molar-refractivity contribution is 7.99. The molecule has 0 unspecified atom stereocenters. The second-order valence-corrected chi connectivity index (χ2v) is 7.32. The highest BCUT2D eigenvalue weighted by Gasteiger charge is 2.27. The van der Waals surface area contributed by atoms with E-state index >= 15 is 0 Å². The van der Waals surface area contributed by atoms with Gasteiger partial charge < -0.3 is 10.1 Å². The molecule has 1 amide bonds. The van der Waals surface area contributed by atoms with Gasteiger partial charge in [0.2, 0.25) is 0 Å². The molecular weight excluding hydrogens is 274 g/mol. The molecule has 0 bridgehead atoms. The topological polar surface area (TPSA) is 56.2 Å². The summed E-state index contributed by atoms with van der Waals surface area (Å²) in [6.07, 6.45) is 4.79. The van der Waals surface area contributed by atoms with Crippen molar-refractivity contribution in [3.8, 4) is 0 Å². The SMILES string of the molecule is CSC(C)(C)CNC(=O)c1cn(C)nc1[C@@H]1CCOC1. The van der Waals surface area contributed by atoms with Crippen LogP contribution in [0.25, 0.3) is 0 Å². The first-order chi connectivity index (χ1) is 9.43. The maximum absolute atomic E-state index is 12.4. The molecular formula is C14H23N3O2S. The second-order valence-electron chi connectivity index (χ2n) is 5.81. The maximum Gasteiger partial charge on any atom is 0.254 e. The highest BCUT2D eigenvalue weighted by atomic mass is 32.2. The highest BCUT2D eigenvalue weighted by Crippen LogP contribution is 2.27. The molecule has 0 spiro atoms. The van der Waals surface area contributed by atoms with Gasteiger partial charge in [-0.2, -0.15) is 16.9 Å². The minimum atomic E-state index is -0.0397. The molecule has 2 rings (SSSR count). The minimum absolute atomic E-state index is 0.0362. The molecule has 0 radical (unpaired) electrons. The summed E-state index contributed by atoms with van der Waals surface area (Å²) in [7, 11) is 1.85. The molecule has 1 N–H and O–H groups in total. The number of thioether (sulfide) groups is 1. The molecule has 1 atom stereocenters. The summed E-state index contributed by atoms with van der Waals surface area (Å²) in [4.78, 5) is 12.4. The molecule has 1 saturated heterocycles. The predicted molar refractivity (Wildman–Crippen MR) is 81.3 cm³/mol. The van der Waals surface area contributed by atoms with E-state index in [1.54, 1.807) is 22.6 Å². The Morgan fingerprint density at radius 2 is 2.40 bits per heavy atom. The minimum Gasteiger partial charge on any atom is -0.381 e. The van der Waals surface area contributed by atoms with Crippen LogP contribution in [0, 0.1) is 0 Å². The lowest BCUT2D eigenvalue weighted by Gasteiger charge is -2.22. The Kier molecular flexibility index (Phi) is 4.75. The van der Waals surface area contributed by atoms with E-state index in [4.69, 9.17) is 4.74 Å². The predicted octanol–water partition coefficient (Wildman–Crippen LogP) is 1.80. The number of amides is 1. The fraction of sp³-hybridized carbons (Fsp3) is 0.714. The lowest BCUT2D eigenvalue weighted by Crippen LogP contribution is -2.36. The normalized spacial score (nSPS) is 19.3. The van der Waals surface area contributed by atoms with Crippen LogP contribution in [-0.4, -0.2) is 46.4 Å². The van der Waals surface area contributed by atoms with Gasteiger partial charge in [-0.3, -0.25) is 9.48 Å². The first kappa shape index (κ1) is 15.4. The van der Waals surface area contributed by atoms with E-state index in [1.807, 2.05) is 7.05 Å². The molecule has 0 saturated carbocycles. The van der Waals surface area contributed by atoms with Crippen LogP contribution in [-0.2, 0) is 11.8 Å². The molecule has 2 heterocycles. The quantitative estimate of drug-likeness (QED) is 0.900. The van der Waals surface area contributed by atoms with E-state index in [-0.39, 0.29) is 16.6 Å². The van der Waals surface area contributed by atoms with E-state index in [1.165, 1.54) is 0 Å². The van der Waals surface area contributed by atoms with Gasteiger partial charge in [-0.25, -0.2) is 0 Å². The van der Waals surface area contributed by atoms with Crippen LogP contribution in [0.2, 0.25) is 0 Å². The summed E-state index contributed by atoms with van der Waals surface area (Å²) in [5, 5.41) is 7.46. The molecule has 112 valence electrons. The Morgan fingerprint density at radius 1 is 1.65 bits per heavy atom. The summed E-state index contributed by atoms with van der Waals surface area (Å²) in [5.41, 5.74) is 1.55. The number of carbonyl (C=O) groups is 1. The molecule has 0 aromatic carbocycles. The number of nitrogens with one attached hydrogen (secondary N) is 1. The van der Waals surface area contributed by atoms with Crippen molar-refractivity contribution in [2.75, 3.05) is 26.0 Å². The third-order valence-electron chi connectivity index (χ3n) is 3.65. The zero-order chi connectivity index (χ0) is 14.8. The van der Waals surface area contributed by atoms with E-state index < -0.39 is 0 Å². The van der Waals surface area contributed by atoms with E-state index in [0.29, 0.717) is 18.7 Å². The van der Waals surface area contributed by atoms with Crippen LogP contribution < -0.4 is 5.32 Å². The van der Waals surface area contributed by atoms with Crippen molar-refractivity contribution in [3.05, 3.63) is 17.5 Å². The van der Waals surface area contributed by atoms with Crippen LogP contribution in [0.5, 0.6) is 0 Å². The van der Waals surface area contributed by atoms with Crippen molar-refractivity contribution in [2.24, 2.45) is 7.05 Å². The Morgan fingerprint density at radius 3 is 3.00 bits per heavy atom. The fourth-order valence-electron chi connectivity index (χ4n) is 2.19. The molecule has 1 fully saturated rings. The van der Waals surface area contributed by atoms with Crippen LogP contribution in [0.15, 0.2) is 6.20 Å². The number of aryl methyl sites for hydroxylation is 1. The largest absolute Gasteiger partial charge is 0.381 e. The molecule has 0 aliphatic carbocycles. The van der Waals surface area contributed by atoms with Gasteiger partial charge >= 0.3 is 0 Å². The number of rotatable bonds is 5. The van der Waals surface area contributed by atoms with Gasteiger partial charge in [-0.05, 0) is 26.5 Å². The zero-order valence-electron chi connectivity index (χ0n) is 12.6. The van der Waals surface area contributed by atoms with Gasteiger partial charge in [0.1, 0.15) is 0 Å². The maximum atomic E-state index is 12.4. The Bertz CT molecular complexity index is 479. The van der Waals surface area contributed by atoms with E-state index in [9.17, 15) is 4.79 Å². The Hall–Kier alpha value is -1.01. The number of carbonyl (C=O) groups excluding carboxylic acids is 1. The molecule has 6 heteroatoms. The van der Waals surface area contributed by atoms with Gasteiger partial charge in [-0.15, -0.1) is 0 Å². The van der Waals surface area contributed by atoms with Crippen molar-refractivity contribution in [1.29, 1.82) is 0 Å². The summed E-state index contributed by atoms with van der Waals surface area (Å²) in [6, 6.07) is 0. The Labute approximate surface area is 124 Å². The smallest absolute Gasteiger partial charge is 0.254 e. The molecule has 5 nitrogen and oxygen atoms in total. The van der Waals surface area contributed by atoms with Crippen molar-refractivity contribution in [2.45, 2.75) is 30.9 Å². The van der Waals surface area contributed by atoms with Crippen molar-refractivity contribution in [3.63, 3.8) is 0 Å². The number of ether oxygens (including phenoxy) is 1. The third-order valence-corrected chi connectivity index (χ3v) is 4.90. The van der Waals surface area contributed by atoms with E-state index in [0.717, 1.165) is 18.7 Å². The van der Waals surface area contributed by atoms with Gasteiger partial charge in [-0.1, -0.05) is 0 Å². The molecule has 1 aromatic heterocycles. The molecule has 20 heavy (non-hydrogen) atoms. The summed E-state index contributed by atoms with van der Waals surface area (Å²) in [6.45, 7) is 6.29. The lowest BCUT2D eigenvalue weighted by molar-refractivity contribution is 0.0949. The number of nitrogens with zero attached hydrogens (tertiary/aromatic N) is 2. The van der Waals surface area contributed by atoms with Gasteiger partial charge in [0, 0.05) is 37.1 Å². The second kappa shape index (κ2) is 6.18. The molecule has 1 aliphatic heterocycles. The van der Waals surface area contributed by atoms with Crippen molar-refractivity contribution < 1.29 is 9.53 Å². The number of aromatic nitrogens is 2. The van der Waals surface area contributed by atoms with E-state index in [2.05, 4.69) is 30.5 Å². The van der Waals surface area contributed by atoms with Gasteiger partial charge in [0.05, 0.1) is 17.9 Å². The van der Waals surface area contributed by atoms with Crippen molar-refractivity contribution >= 4 is 17.7 Å². The third kappa shape index (κ3) is 3.55. The average Bonchev–Trinajstić information content (AvgIpc) is 3.04. The molecule has 1 aromatic rings. The Balaban J connectivity index is 2.09. The summed E-state index contributed by atoms with van der Waals surface area (Å²) >= 11 is 1.74. The van der Waals surface area contributed by atoms with Gasteiger partial charge in [0.25, 0.3) is 5.91 Å². The average molecular weight is 297 g/mol.